The SMILES string of the molecule is Cn1nncc1C(=O)Nc1ccc(CNc2ccccc2)cc1. The molecule has 0 saturated heterocycles. The Balaban J connectivity index is 1.59. The number of para-hydroxylation sites is 1. The highest BCUT2D eigenvalue weighted by molar-refractivity contribution is 6.02. The molecule has 0 atom stereocenters. The molecule has 0 aliphatic rings. The standard InChI is InChI=1S/C17H17N5O/c1-22-16(12-19-21-22)17(23)20-15-9-7-13(8-10-15)11-18-14-5-3-2-4-6-14/h2-10,12,18H,11H2,1H3,(H,20,23). The summed E-state index contributed by atoms with van der Waals surface area (Å²) in [5.41, 5.74) is 3.36. The van der Waals surface area contributed by atoms with Crippen molar-refractivity contribution in [3.8, 4) is 0 Å². The van der Waals surface area contributed by atoms with Crippen LogP contribution in [0.1, 0.15) is 16.1 Å². The predicted molar refractivity (Wildman–Crippen MR) is 89.2 cm³/mol. The fourth-order valence-electron chi connectivity index (χ4n) is 2.16. The number of hydrogen-bond acceptors (Lipinski definition) is 4. The van der Waals surface area contributed by atoms with Crippen molar-refractivity contribution in [1.29, 1.82) is 0 Å². The smallest absolute Gasteiger partial charge is 0.275 e. The number of anilines is 2. The molecule has 23 heavy (non-hydrogen) atoms. The van der Waals surface area contributed by atoms with Gasteiger partial charge in [-0.1, -0.05) is 35.5 Å². The Kier molecular flexibility index (Phi) is 4.33. The minimum Gasteiger partial charge on any atom is -0.381 e. The van der Waals surface area contributed by atoms with Gasteiger partial charge in [0.05, 0.1) is 6.20 Å². The minimum atomic E-state index is -0.229. The molecule has 0 unspecified atom stereocenters. The first-order chi connectivity index (χ1) is 11.2. The molecular weight excluding hydrogens is 290 g/mol. The summed E-state index contributed by atoms with van der Waals surface area (Å²) < 4.78 is 1.44. The van der Waals surface area contributed by atoms with Gasteiger partial charge in [0.2, 0.25) is 0 Å². The van der Waals surface area contributed by atoms with E-state index < -0.39 is 0 Å². The van der Waals surface area contributed by atoms with Gasteiger partial charge in [0, 0.05) is 25.0 Å². The maximum absolute atomic E-state index is 12.1. The fraction of sp³-hybridized carbons (Fsp3) is 0.118. The van der Waals surface area contributed by atoms with Gasteiger partial charge in [-0.25, -0.2) is 4.68 Å². The number of benzene rings is 2. The van der Waals surface area contributed by atoms with E-state index in [0.29, 0.717) is 5.69 Å². The molecule has 0 spiro atoms. The second-order valence-corrected chi connectivity index (χ2v) is 5.11. The summed E-state index contributed by atoms with van der Waals surface area (Å²) in [5.74, 6) is -0.229. The van der Waals surface area contributed by atoms with Crippen LogP contribution in [0, 0.1) is 0 Å². The highest BCUT2D eigenvalue weighted by atomic mass is 16.2. The van der Waals surface area contributed by atoms with E-state index in [-0.39, 0.29) is 5.91 Å². The fourth-order valence-corrected chi connectivity index (χ4v) is 2.16. The molecule has 6 nitrogen and oxygen atoms in total. The first-order valence-electron chi connectivity index (χ1n) is 7.26. The van der Waals surface area contributed by atoms with Gasteiger partial charge in [0.15, 0.2) is 0 Å². The molecule has 0 bridgehead atoms. The molecule has 6 heteroatoms. The number of carbonyl (C=O) groups is 1. The number of nitrogens with one attached hydrogen (secondary N) is 2. The molecule has 3 aromatic rings. The third-order valence-electron chi connectivity index (χ3n) is 3.43. The Labute approximate surface area is 134 Å². The second-order valence-electron chi connectivity index (χ2n) is 5.11. The minimum absolute atomic E-state index is 0.229. The van der Waals surface area contributed by atoms with Crippen LogP contribution in [0.15, 0.2) is 60.8 Å². The maximum atomic E-state index is 12.1. The topological polar surface area (TPSA) is 71.8 Å². The van der Waals surface area contributed by atoms with Crippen molar-refractivity contribution in [2.24, 2.45) is 7.05 Å². The van der Waals surface area contributed by atoms with Crippen LogP contribution in [-0.2, 0) is 13.6 Å². The van der Waals surface area contributed by atoms with E-state index in [9.17, 15) is 4.79 Å². The van der Waals surface area contributed by atoms with Crippen molar-refractivity contribution in [3.05, 3.63) is 72.1 Å². The monoisotopic (exact) mass is 307 g/mol. The van der Waals surface area contributed by atoms with E-state index in [0.717, 1.165) is 23.5 Å². The van der Waals surface area contributed by atoms with Crippen molar-refractivity contribution in [3.63, 3.8) is 0 Å². The quantitative estimate of drug-likeness (QED) is 0.760. The summed E-state index contributed by atoms with van der Waals surface area (Å²) in [6.45, 7) is 0.726. The number of aromatic nitrogens is 3. The molecule has 0 fully saturated rings. The van der Waals surface area contributed by atoms with Gasteiger partial charge < -0.3 is 10.6 Å². The van der Waals surface area contributed by atoms with Crippen LogP contribution >= 0.6 is 0 Å². The molecule has 2 N–H and O–H groups in total. The molecule has 0 aliphatic carbocycles. The zero-order valence-corrected chi connectivity index (χ0v) is 12.7. The molecule has 116 valence electrons. The molecule has 1 heterocycles. The number of nitrogens with zero attached hydrogens (tertiary/aromatic N) is 3. The van der Waals surface area contributed by atoms with Gasteiger partial charge in [0.25, 0.3) is 5.91 Å². The van der Waals surface area contributed by atoms with Crippen LogP contribution < -0.4 is 10.6 Å². The largest absolute Gasteiger partial charge is 0.381 e. The Hall–Kier alpha value is -3.15. The molecule has 0 aliphatic heterocycles. The van der Waals surface area contributed by atoms with E-state index >= 15 is 0 Å². The maximum Gasteiger partial charge on any atom is 0.275 e. The average molecular weight is 307 g/mol. The van der Waals surface area contributed by atoms with Crippen molar-refractivity contribution in [2.75, 3.05) is 10.6 Å². The lowest BCUT2D eigenvalue weighted by atomic mass is 10.2. The van der Waals surface area contributed by atoms with Crippen LogP contribution in [0.25, 0.3) is 0 Å². The van der Waals surface area contributed by atoms with Crippen LogP contribution in [0.2, 0.25) is 0 Å². The summed E-state index contributed by atoms with van der Waals surface area (Å²) in [6.07, 6.45) is 1.44. The highest BCUT2D eigenvalue weighted by Gasteiger charge is 2.10. The Morgan fingerprint density at radius 2 is 1.78 bits per heavy atom. The van der Waals surface area contributed by atoms with E-state index in [1.807, 2.05) is 54.6 Å². The predicted octanol–water partition coefficient (Wildman–Crippen LogP) is 2.68. The van der Waals surface area contributed by atoms with Gasteiger partial charge in [-0.2, -0.15) is 0 Å². The van der Waals surface area contributed by atoms with Crippen LogP contribution in [0.4, 0.5) is 11.4 Å². The van der Waals surface area contributed by atoms with Gasteiger partial charge in [-0.05, 0) is 29.8 Å². The van der Waals surface area contributed by atoms with Gasteiger partial charge >= 0.3 is 0 Å². The van der Waals surface area contributed by atoms with Crippen molar-refractivity contribution in [2.45, 2.75) is 6.54 Å². The van der Waals surface area contributed by atoms with Crippen molar-refractivity contribution >= 4 is 17.3 Å². The van der Waals surface area contributed by atoms with Gasteiger partial charge in [-0.3, -0.25) is 4.79 Å². The summed E-state index contributed by atoms with van der Waals surface area (Å²) >= 11 is 0. The summed E-state index contributed by atoms with van der Waals surface area (Å²) in [7, 11) is 1.68. The van der Waals surface area contributed by atoms with E-state index in [1.54, 1.807) is 7.05 Å². The molecule has 1 aromatic heterocycles. The first-order valence-corrected chi connectivity index (χ1v) is 7.26. The lowest BCUT2D eigenvalue weighted by Crippen LogP contribution is -2.16. The average Bonchev–Trinajstić information content (AvgIpc) is 3.01. The van der Waals surface area contributed by atoms with Crippen molar-refractivity contribution in [1.82, 2.24) is 15.0 Å². The van der Waals surface area contributed by atoms with Gasteiger partial charge in [-0.15, -0.1) is 5.10 Å². The Morgan fingerprint density at radius 3 is 2.43 bits per heavy atom. The zero-order valence-electron chi connectivity index (χ0n) is 12.7. The van der Waals surface area contributed by atoms with E-state index in [1.165, 1.54) is 10.9 Å². The Bertz CT molecular complexity index is 780. The molecular formula is C17H17N5O. The van der Waals surface area contributed by atoms with Crippen LogP contribution in [0.5, 0.6) is 0 Å². The number of amides is 1. The molecule has 3 rings (SSSR count). The van der Waals surface area contributed by atoms with E-state index in [2.05, 4.69) is 20.9 Å². The zero-order chi connectivity index (χ0) is 16.1. The second kappa shape index (κ2) is 6.74. The number of aryl methyl sites for hydroxylation is 1. The van der Waals surface area contributed by atoms with Crippen LogP contribution in [0.3, 0.4) is 0 Å². The van der Waals surface area contributed by atoms with Crippen molar-refractivity contribution < 1.29 is 4.79 Å². The number of carbonyl (C=O) groups excluding carboxylic acids is 1. The normalized spacial score (nSPS) is 10.3. The molecule has 1 amide bonds. The lowest BCUT2D eigenvalue weighted by Gasteiger charge is -2.08. The van der Waals surface area contributed by atoms with Gasteiger partial charge in [0.1, 0.15) is 5.69 Å². The highest BCUT2D eigenvalue weighted by Crippen LogP contribution is 2.13. The van der Waals surface area contributed by atoms with E-state index in [4.69, 9.17) is 0 Å². The molecule has 0 saturated carbocycles. The Morgan fingerprint density at radius 1 is 1.04 bits per heavy atom. The third-order valence-corrected chi connectivity index (χ3v) is 3.43. The summed E-state index contributed by atoms with van der Waals surface area (Å²) in [4.78, 5) is 12.1. The number of hydrogen-bond donors (Lipinski definition) is 2. The summed E-state index contributed by atoms with van der Waals surface area (Å²) in [6, 6.07) is 17.7. The van der Waals surface area contributed by atoms with Crippen LogP contribution in [-0.4, -0.2) is 20.9 Å². The third kappa shape index (κ3) is 3.74. The first kappa shape index (κ1) is 14.8. The lowest BCUT2D eigenvalue weighted by molar-refractivity contribution is 0.101. The molecule has 0 radical (unpaired) electrons. The summed E-state index contributed by atoms with van der Waals surface area (Å²) in [5, 5.41) is 13.6. The molecule has 2 aromatic carbocycles. The number of rotatable bonds is 5.